The summed E-state index contributed by atoms with van der Waals surface area (Å²) in [7, 11) is 2.05. The van der Waals surface area contributed by atoms with Gasteiger partial charge in [0.2, 0.25) is 0 Å². The maximum atomic E-state index is 11.2. The molecule has 0 bridgehead atoms. The summed E-state index contributed by atoms with van der Waals surface area (Å²) in [4.78, 5) is 24.5. The van der Waals surface area contributed by atoms with Gasteiger partial charge in [0.15, 0.2) is 0 Å². The van der Waals surface area contributed by atoms with Crippen molar-refractivity contribution >= 4 is 11.8 Å². The molecule has 0 aromatic rings. The molecule has 6 heteroatoms. The van der Waals surface area contributed by atoms with E-state index < -0.39 is 11.8 Å². The lowest BCUT2D eigenvalue weighted by molar-refractivity contribution is -0.139. The normalized spacial score (nSPS) is 10.2. The molecule has 0 spiro atoms. The number of nitrogens with one attached hydrogen (secondary N) is 2. The summed E-state index contributed by atoms with van der Waals surface area (Å²) in [5.41, 5.74) is 0. The van der Waals surface area contributed by atoms with Crippen molar-refractivity contribution in [3.63, 3.8) is 0 Å². The predicted octanol–water partition coefficient (Wildman–Crippen LogP) is -0.137. The molecular formula is C12H22N4O2. The number of amides is 2. The van der Waals surface area contributed by atoms with Gasteiger partial charge in [-0.1, -0.05) is 0 Å². The van der Waals surface area contributed by atoms with Crippen LogP contribution in [0.25, 0.3) is 0 Å². The number of unbranched alkanes of at least 4 members (excludes halogenated alkanes) is 1. The van der Waals surface area contributed by atoms with E-state index in [1.807, 2.05) is 0 Å². The van der Waals surface area contributed by atoms with E-state index in [9.17, 15) is 9.59 Å². The van der Waals surface area contributed by atoms with Gasteiger partial charge in [0.25, 0.3) is 0 Å². The third-order valence-corrected chi connectivity index (χ3v) is 2.64. The fraction of sp³-hybridized carbons (Fsp3) is 0.750. The number of carbonyl (C=O) groups excluding carboxylic acids is 2. The molecule has 18 heavy (non-hydrogen) atoms. The second kappa shape index (κ2) is 9.42. The minimum Gasteiger partial charge on any atom is -0.348 e. The molecule has 6 nitrogen and oxygen atoms in total. The highest BCUT2D eigenvalue weighted by Crippen LogP contribution is 1.97. The minimum absolute atomic E-state index is 0.147. The van der Waals surface area contributed by atoms with Gasteiger partial charge in [-0.2, -0.15) is 5.26 Å². The molecule has 0 fully saturated rings. The zero-order valence-electron chi connectivity index (χ0n) is 11.3. The topological polar surface area (TPSA) is 85.2 Å². The highest BCUT2D eigenvalue weighted by atomic mass is 16.2. The van der Waals surface area contributed by atoms with Crippen molar-refractivity contribution in [1.29, 1.82) is 5.26 Å². The van der Waals surface area contributed by atoms with Crippen LogP contribution in [0.15, 0.2) is 0 Å². The van der Waals surface area contributed by atoms with E-state index in [1.165, 1.54) is 0 Å². The minimum atomic E-state index is -0.754. The molecule has 0 aromatic carbocycles. The van der Waals surface area contributed by atoms with Crippen molar-refractivity contribution in [3.8, 4) is 6.07 Å². The zero-order chi connectivity index (χ0) is 14.0. The van der Waals surface area contributed by atoms with Crippen LogP contribution in [0.5, 0.6) is 0 Å². The summed E-state index contributed by atoms with van der Waals surface area (Å²) in [5.74, 6) is -1.43. The molecule has 0 aliphatic carbocycles. The summed E-state index contributed by atoms with van der Waals surface area (Å²) in [5, 5.41) is 12.9. The number of rotatable bonds is 7. The Morgan fingerprint density at radius 1 is 1.22 bits per heavy atom. The van der Waals surface area contributed by atoms with Crippen LogP contribution in [0.4, 0.5) is 0 Å². The third kappa shape index (κ3) is 7.63. The first-order valence-corrected chi connectivity index (χ1v) is 6.12. The van der Waals surface area contributed by atoms with Gasteiger partial charge in [0, 0.05) is 12.6 Å². The van der Waals surface area contributed by atoms with Gasteiger partial charge in [-0.3, -0.25) is 9.59 Å². The summed E-state index contributed by atoms with van der Waals surface area (Å²) in [6.07, 6.45) is 1.79. The lowest BCUT2D eigenvalue weighted by Crippen LogP contribution is -2.40. The maximum Gasteiger partial charge on any atom is 0.310 e. The molecule has 0 unspecified atom stereocenters. The van der Waals surface area contributed by atoms with E-state index in [0.717, 1.165) is 19.4 Å². The van der Waals surface area contributed by atoms with Crippen molar-refractivity contribution in [3.05, 3.63) is 0 Å². The molecule has 0 saturated carbocycles. The molecule has 0 rings (SSSR count). The lowest BCUT2D eigenvalue weighted by atomic mass is 10.2. The number of nitrogens with zero attached hydrogens (tertiary/aromatic N) is 2. The maximum absolute atomic E-state index is 11.2. The Hall–Kier alpha value is -1.61. The highest BCUT2D eigenvalue weighted by Gasteiger charge is 2.11. The van der Waals surface area contributed by atoms with Crippen LogP contribution >= 0.6 is 0 Å². The quantitative estimate of drug-likeness (QED) is 0.376. The first-order valence-electron chi connectivity index (χ1n) is 6.12. The highest BCUT2D eigenvalue weighted by molar-refractivity contribution is 6.35. The number of nitriles is 1. The SMILES string of the molecule is CC(C)N(C)CCCCNC(=O)C(=O)NCC#N. The van der Waals surface area contributed by atoms with Gasteiger partial charge in [0.1, 0.15) is 6.54 Å². The van der Waals surface area contributed by atoms with E-state index in [2.05, 4.69) is 36.4 Å². The van der Waals surface area contributed by atoms with Crippen LogP contribution in [0.3, 0.4) is 0 Å². The van der Waals surface area contributed by atoms with E-state index in [-0.39, 0.29) is 6.54 Å². The summed E-state index contributed by atoms with van der Waals surface area (Å²) in [6, 6.07) is 2.25. The van der Waals surface area contributed by atoms with Crippen LogP contribution in [0, 0.1) is 11.3 Å². The summed E-state index contributed by atoms with van der Waals surface area (Å²) in [6.45, 7) is 5.55. The van der Waals surface area contributed by atoms with Crippen molar-refractivity contribution in [1.82, 2.24) is 15.5 Å². The van der Waals surface area contributed by atoms with Gasteiger partial charge < -0.3 is 15.5 Å². The van der Waals surface area contributed by atoms with E-state index in [1.54, 1.807) is 6.07 Å². The average molecular weight is 254 g/mol. The molecular weight excluding hydrogens is 232 g/mol. The summed E-state index contributed by atoms with van der Waals surface area (Å²) < 4.78 is 0. The Kier molecular flexibility index (Phi) is 8.58. The molecule has 0 radical (unpaired) electrons. The Morgan fingerprint density at radius 3 is 2.39 bits per heavy atom. The predicted molar refractivity (Wildman–Crippen MR) is 68.6 cm³/mol. The molecule has 0 aliphatic heterocycles. The van der Waals surface area contributed by atoms with Crippen molar-refractivity contribution in [2.75, 3.05) is 26.7 Å². The fourth-order valence-corrected chi connectivity index (χ4v) is 1.23. The number of hydrogen-bond donors (Lipinski definition) is 2. The van der Waals surface area contributed by atoms with Crippen molar-refractivity contribution in [2.45, 2.75) is 32.7 Å². The summed E-state index contributed by atoms with van der Waals surface area (Å²) >= 11 is 0. The molecule has 0 aromatic heterocycles. The monoisotopic (exact) mass is 254 g/mol. The number of carbonyl (C=O) groups is 2. The van der Waals surface area contributed by atoms with Crippen LogP contribution in [0.1, 0.15) is 26.7 Å². The zero-order valence-corrected chi connectivity index (χ0v) is 11.3. The van der Waals surface area contributed by atoms with Crippen LogP contribution in [-0.4, -0.2) is 49.4 Å². The second-order valence-electron chi connectivity index (χ2n) is 4.38. The van der Waals surface area contributed by atoms with Gasteiger partial charge >= 0.3 is 11.8 Å². The van der Waals surface area contributed by atoms with Gasteiger partial charge in [-0.15, -0.1) is 0 Å². The fourth-order valence-electron chi connectivity index (χ4n) is 1.23. The van der Waals surface area contributed by atoms with E-state index in [0.29, 0.717) is 12.6 Å². The molecule has 0 saturated heterocycles. The van der Waals surface area contributed by atoms with Crippen molar-refractivity contribution in [2.24, 2.45) is 0 Å². The Labute approximate surface area is 108 Å². The van der Waals surface area contributed by atoms with Crippen LogP contribution in [-0.2, 0) is 9.59 Å². The largest absolute Gasteiger partial charge is 0.348 e. The van der Waals surface area contributed by atoms with Crippen molar-refractivity contribution < 1.29 is 9.59 Å². The van der Waals surface area contributed by atoms with Gasteiger partial charge in [-0.05, 0) is 40.3 Å². The molecule has 0 atom stereocenters. The third-order valence-electron chi connectivity index (χ3n) is 2.64. The average Bonchev–Trinajstić information content (AvgIpc) is 2.34. The Morgan fingerprint density at radius 2 is 1.83 bits per heavy atom. The molecule has 102 valence electrons. The second-order valence-corrected chi connectivity index (χ2v) is 4.38. The van der Waals surface area contributed by atoms with E-state index >= 15 is 0 Å². The van der Waals surface area contributed by atoms with E-state index in [4.69, 9.17) is 5.26 Å². The van der Waals surface area contributed by atoms with Gasteiger partial charge in [0.05, 0.1) is 6.07 Å². The molecule has 0 heterocycles. The molecule has 0 aliphatic rings. The van der Waals surface area contributed by atoms with Crippen LogP contribution in [0.2, 0.25) is 0 Å². The van der Waals surface area contributed by atoms with Gasteiger partial charge in [-0.25, -0.2) is 0 Å². The lowest BCUT2D eigenvalue weighted by Gasteiger charge is -2.20. The Bertz CT molecular complexity index is 310. The number of hydrogen-bond acceptors (Lipinski definition) is 4. The first kappa shape index (κ1) is 16.4. The standard InChI is InChI=1S/C12H22N4O2/c1-10(2)16(3)9-5-4-7-14-11(17)12(18)15-8-6-13/h10H,4-5,7-9H2,1-3H3,(H,14,17)(H,15,18). The smallest absolute Gasteiger partial charge is 0.310 e. The van der Waals surface area contributed by atoms with Crippen LogP contribution < -0.4 is 10.6 Å². The Balaban J connectivity index is 3.58. The first-order chi connectivity index (χ1) is 8.49. The molecule has 2 amide bonds. The molecule has 2 N–H and O–H groups in total.